The van der Waals surface area contributed by atoms with Gasteiger partial charge in [0.25, 0.3) is 5.91 Å². The SMILES string of the molecule is CCn1nc(C)cc1C(=O)Nc1nc2cc(C(N)=O)cc(OC)c2n1C/C=C/Cn1c(NC)nc2cc(C(N)=O)cc(OCCCN(C)C(=O)C(CC=O)NC(=O)CCN(C)C(=O)/C=C\C=O)c21. The number of ether oxygens (including phenoxy) is 2. The van der Waals surface area contributed by atoms with Gasteiger partial charge < -0.3 is 55.3 Å². The van der Waals surface area contributed by atoms with Crippen LogP contribution in [0.2, 0.25) is 0 Å². The number of hydrogen-bond acceptors (Lipinski definition) is 14. The number of amides is 6. The Morgan fingerprint density at radius 3 is 2.06 bits per heavy atom. The van der Waals surface area contributed by atoms with Crippen LogP contribution in [0.15, 0.2) is 54.6 Å². The maximum Gasteiger partial charge on any atom is 0.276 e. The minimum absolute atomic E-state index is 0.00771. The fraction of sp³-hybridized carbons (Fsp3) is 0.356. The maximum absolute atomic E-state index is 13.6. The molecule has 23 nitrogen and oxygen atoms in total. The summed E-state index contributed by atoms with van der Waals surface area (Å²) in [7, 11) is 6.10. The van der Waals surface area contributed by atoms with Crippen LogP contribution in [0.25, 0.3) is 22.1 Å². The molecule has 1 unspecified atom stereocenters. The van der Waals surface area contributed by atoms with Gasteiger partial charge in [-0.2, -0.15) is 5.10 Å². The summed E-state index contributed by atoms with van der Waals surface area (Å²) in [5, 5.41) is 12.9. The Kier molecular flexibility index (Phi) is 17.3. The molecule has 3 aromatic heterocycles. The molecule has 2 aromatic carbocycles. The van der Waals surface area contributed by atoms with Crippen LogP contribution in [0, 0.1) is 6.92 Å². The van der Waals surface area contributed by atoms with E-state index in [0.717, 1.165) is 12.2 Å². The summed E-state index contributed by atoms with van der Waals surface area (Å²) in [5.74, 6) is -2.20. The van der Waals surface area contributed by atoms with Crippen molar-refractivity contribution in [2.45, 2.75) is 58.8 Å². The van der Waals surface area contributed by atoms with E-state index in [0.29, 0.717) is 70.7 Å². The first-order chi connectivity index (χ1) is 32.5. The molecular formula is C45H55N13O10. The van der Waals surface area contributed by atoms with Gasteiger partial charge in [0, 0.05) is 83.9 Å². The predicted octanol–water partition coefficient (Wildman–Crippen LogP) is 1.57. The molecule has 5 rings (SSSR count). The highest BCUT2D eigenvalue weighted by atomic mass is 16.5. The molecular weight excluding hydrogens is 883 g/mol. The molecule has 1 atom stereocenters. The number of aromatic nitrogens is 6. The van der Waals surface area contributed by atoms with Crippen molar-refractivity contribution in [1.82, 2.24) is 44.0 Å². The summed E-state index contributed by atoms with van der Waals surface area (Å²) in [6, 6.07) is 6.59. The third-order valence-corrected chi connectivity index (χ3v) is 10.6. The highest BCUT2D eigenvalue weighted by Gasteiger charge is 2.25. The Balaban J connectivity index is 1.33. The first-order valence-corrected chi connectivity index (χ1v) is 21.4. The number of likely N-dealkylation sites (N-methyl/N-ethyl adjacent to an activating group) is 2. The number of aldehydes is 2. The molecule has 5 aromatic rings. The molecule has 0 bridgehead atoms. The number of rotatable bonds is 25. The van der Waals surface area contributed by atoms with Crippen molar-refractivity contribution in [2.24, 2.45) is 11.5 Å². The normalized spacial score (nSPS) is 11.7. The minimum Gasteiger partial charge on any atom is -0.494 e. The van der Waals surface area contributed by atoms with Gasteiger partial charge >= 0.3 is 0 Å². The van der Waals surface area contributed by atoms with Crippen LogP contribution in [0.3, 0.4) is 0 Å². The molecule has 0 saturated carbocycles. The first kappa shape index (κ1) is 50.6. The molecule has 7 N–H and O–H groups in total. The quantitative estimate of drug-likeness (QED) is 0.0240. The van der Waals surface area contributed by atoms with Crippen LogP contribution in [0.5, 0.6) is 11.5 Å². The van der Waals surface area contributed by atoms with E-state index < -0.39 is 41.5 Å². The summed E-state index contributed by atoms with van der Waals surface area (Å²) in [4.78, 5) is 110. The number of hydrogen-bond donors (Lipinski definition) is 5. The van der Waals surface area contributed by atoms with Crippen molar-refractivity contribution in [2.75, 3.05) is 58.6 Å². The highest BCUT2D eigenvalue weighted by Crippen LogP contribution is 2.33. The van der Waals surface area contributed by atoms with Gasteiger partial charge in [0.05, 0.1) is 30.4 Å². The van der Waals surface area contributed by atoms with Gasteiger partial charge in [0.15, 0.2) is 0 Å². The average Bonchev–Trinajstić information content (AvgIpc) is 4.00. The predicted molar refractivity (Wildman–Crippen MR) is 250 cm³/mol. The average molecular weight is 938 g/mol. The lowest BCUT2D eigenvalue weighted by molar-refractivity contribution is -0.136. The fourth-order valence-corrected chi connectivity index (χ4v) is 7.22. The van der Waals surface area contributed by atoms with Crippen LogP contribution in [0.4, 0.5) is 11.9 Å². The number of allylic oxidation sites excluding steroid dienone is 3. The minimum atomic E-state index is -1.15. The molecule has 0 spiro atoms. The van der Waals surface area contributed by atoms with Crippen molar-refractivity contribution in [3.8, 4) is 11.5 Å². The van der Waals surface area contributed by atoms with Crippen LogP contribution >= 0.6 is 0 Å². The number of aryl methyl sites for hydroxylation is 2. The van der Waals surface area contributed by atoms with Crippen molar-refractivity contribution < 1.29 is 47.8 Å². The van der Waals surface area contributed by atoms with E-state index in [4.69, 9.17) is 20.9 Å². The van der Waals surface area contributed by atoms with Gasteiger partial charge in [-0.15, -0.1) is 0 Å². The van der Waals surface area contributed by atoms with Gasteiger partial charge in [-0.25, -0.2) is 9.97 Å². The lowest BCUT2D eigenvalue weighted by atomic mass is 10.1. The van der Waals surface area contributed by atoms with Crippen molar-refractivity contribution in [3.63, 3.8) is 0 Å². The Morgan fingerprint density at radius 1 is 0.853 bits per heavy atom. The van der Waals surface area contributed by atoms with Gasteiger partial charge in [-0.1, -0.05) is 12.2 Å². The summed E-state index contributed by atoms with van der Waals surface area (Å²) in [6.07, 6.45) is 6.64. The zero-order chi connectivity index (χ0) is 49.7. The number of nitrogens with zero attached hydrogens (tertiary/aromatic N) is 8. The molecule has 6 amide bonds. The lowest BCUT2D eigenvalue weighted by Gasteiger charge is -2.24. The van der Waals surface area contributed by atoms with E-state index in [2.05, 4.69) is 31.0 Å². The monoisotopic (exact) mass is 937 g/mol. The van der Waals surface area contributed by atoms with E-state index in [1.165, 1.54) is 49.2 Å². The maximum atomic E-state index is 13.6. The Labute approximate surface area is 390 Å². The van der Waals surface area contributed by atoms with E-state index in [-0.39, 0.29) is 68.5 Å². The second kappa shape index (κ2) is 23.2. The van der Waals surface area contributed by atoms with Crippen LogP contribution in [0.1, 0.15) is 63.1 Å². The lowest BCUT2D eigenvalue weighted by Crippen LogP contribution is -2.48. The molecule has 0 aliphatic rings. The summed E-state index contributed by atoms with van der Waals surface area (Å²) in [6.45, 7) is 4.75. The first-order valence-electron chi connectivity index (χ1n) is 21.4. The summed E-state index contributed by atoms with van der Waals surface area (Å²) >= 11 is 0. The Morgan fingerprint density at radius 2 is 1.47 bits per heavy atom. The third kappa shape index (κ3) is 12.1. The second-order valence-corrected chi connectivity index (χ2v) is 15.4. The zero-order valence-corrected chi connectivity index (χ0v) is 38.6. The molecule has 3 heterocycles. The standard InChI is InChI=1S/C45H55N13O10/c1-7-58-33(22-27(2)53-58)42(65)52-45-51-31-23-28(40(46)63)25-34(67-6)38(31)57(45)17-9-8-16-56-39-32(50-44(56)48-3)24-29(41(47)64)26-35(39)68-21-11-15-55(5)43(66)30(14-20-60)49-36(61)13-18-54(4)37(62)12-10-19-59/h8-10,12,19-20,22-26,30H,7,11,13-18,21H2,1-6H3,(H2,46,63)(H2,47,64)(H,48,50)(H,49,61)(H,51,52,65)/b9-8+,12-10-. The largest absolute Gasteiger partial charge is 0.494 e. The van der Waals surface area contributed by atoms with Crippen molar-refractivity contribution >= 4 is 82.0 Å². The molecule has 360 valence electrons. The number of primary amides is 2. The topological polar surface area (TPSA) is 303 Å². The van der Waals surface area contributed by atoms with Crippen molar-refractivity contribution in [1.29, 1.82) is 0 Å². The number of nitrogens with one attached hydrogen (secondary N) is 3. The smallest absolute Gasteiger partial charge is 0.276 e. The number of nitrogens with two attached hydrogens (primary N) is 2. The zero-order valence-electron chi connectivity index (χ0n) is 38.6. The molecule has 23 heteroatoms. The molecule has 0 aliphatic heterocycles. The van der Waals surface area contributed by atoms with E-state index in [9.17, 15) is 38.4 Å². The number of benzene rings is 2. The molecule has 0 fully saturated rings. The molecule has 0 radical (unpaired) electrons. The Hall–Kier alpha value is -8.37. The van der Waals surface area contributed by atoms with E-state index in [1.807, 2.05) is 23.6 Å². The van der Waals surface area contributed by atoms with Crippen molar-refractivity contribution in [3.05, 3.63) is 77.2 Å². The van der Waals surface area contributed by atoms with Crippen LogP contribution in [-0.4, -0.2) is 141 Å². The van der Waals surface area contributed by atoms with E-state index >= 15 is 0 Å². The summed E-state index contributed by atoms with van der Waals surface area (Å²) in [5.41, 5.74) is 14.4. The van der Waals surface area contributed by atoms with Gasteiger partial charge in [-0.3, -0.25) is 43.6 Å². The molecule has 68 heavy (non-hydrogen) atoms. The summed E-state index contributed by atoms with van der Waals surface area (Å²) < 4.78 is 17.0. The molecule has 0 saturated heterocycles. The Bertz CT molecular complexity index is 2790. The number of methoxy groups -OCH3 is 1. The van der Waals surface area contributed by atoms with E-state index in [1.54, 1.807) is 35.4 Å². The van der Waals surface area contributed by atoms with Gasteiger partial charge in [-0.05, 0) is 56.7 Å². The number of carbonyl (C=O) groups excluding carboxylic acids is 8. The van der Waals surface area contributed by atoms with Gasteiger partial charge in [0.1, 0.15) is 46.8 Å². The highest BCUT2D eigenvalue weighted by molar-refractivity contribution is 6.04. The second-order valence-electron chi connectivity index (χ2n) is 15.4. The fourth-order valence-electron chi connectivity index (χ4n) is 7.22. The third-order valence-electron chi connectivity index (χ3n) is 10.6. The van der Waals surface area contributed by atoms with Crippen LogP contribution < -0.4 is 36.9 Å². The van der Waals surface area contributed by atoms with Gasteiger partial charge in [0.2, 0.25) is 41.4 Å². The molecule has 0 aliphatic carbocycles. The number of fused-ring (bicyclic) bond motifs is 2. The van der Waals surface area contributed by atoms with Crippen LogP contribution in [-0.2, 0) is 43.6 Å². The number of imidazole rings is 2. The number of anilines is 2. The number of carbonyl (C=O) groups is 8.